The van der Waals surface area contributed by atoms with Gasteiger partial charge >= 0.3 is 0 Å². The van der Waals surface area contributed by atoms with Crippen LogP contribution in [0, 0.1) is 5.82 Å². The number of hydrogen-bond acceptors (Lipinski definition) is 1. The molecule has 1 nitrogen and oxygen atoms in total. The summed E-state index contributed by atoms with van der Waals surface area (Å²) in [7, 11) is 0. The first-order chi connectivity index (χ1) is 5.29. The summed E-state index contributed by atoms with van der Waals surface area (Å²) in [6.45, 7) is 0. The highest BCUT2D eigenvalue weighted by Gasteiger charge is 2.05. The topological polar surface area (TPSA) is 13.1 Å². The molecule has 0 fully saturated rings. The first-order valence-corrected chi connectivity index (χ1v) is 3.89. The van der Waals surface area contributed by atoms with Crippen molar-refractivity contribution in [2.75, 3.05) is 0 Å². The first-order valence-electron chi connectivity index (χ1n) is 3.10. The van der Waals surface area contributed by atoms with E-state index in [0.29, 0.717) is 10.1 Å². The maximum absolute atomic E-state index is 12.8. The molecule has 0 spiro atoms. The van der Waals surface area contributed by atoms with Crippen LogP contribution in [0.2, 0.25) is 0 Å². The summed E-state index contributed by atoms with van der Waals surface area (Å²) in [6.07, 6.45) is 1.54. The van der Waals surface area contributed by atoms with Crippen LogP contribution < -0.4 is 0 Å². The van der Waals surface area contributed by atoms with E-state index in [9.17, 15) is 4.39 Å². The summed E-state index contributed by atoms with van der Waals surface area (Å²) in [5, 5.41) is 0.769. The molecule has 1 aromatic heterocycles. The Morgan fingerprint density at radius 2 is 2.09 bits per heavy atom. The highest BCUT2D eigenvalue weighted by Crippen LogP contribution is 2.27. The van der Waals surface area contributed by atoms with Gasteiger partial charge in [-0.1, -0.05) is 0 Å². The Kier molecular flexibility index (Phi) is 1.46. The second-order valence-corrected chi connectivity index (χ2v) is 2.99. The van der Waals surface area contributed by atoms with E-state index >= 15 is 0 Å². The van der Waals surface area contributed by atoms with E-state index in [2.05, 4.69) is 15.9 Å². The van der Waals surface area contributed by atoms with Crippen LogP contribution in [0.4, 0.5) is 4.39 Å². The molecule has 2 rings (SSSR count). The lowest BCUT2D eigenvalue weighted by atomic mass is 10.2. The van der Waals surface area contributed by atoms with Crippen molar-refractivity contribution >= 4 is 26.9 Å². The number of benzene rings is 1. The van der Waals surface area contributed by atoms with Crippen LogP contribution in [0.5, 0.6) is 0 Å². The molecule has 0 atom stereocenters. The van der Waals surface area contributed by atoms with Crippen molar-refractivity contribution < 1.29 is 8.81 Å². The van der Waals surface area contributed by atoms with Gasteiger partial charge in [0.2, 0.25) is 0 Å². The van der Waals surface area contributed by atoms with E-state index in [1.165, 1.54) is 12.3 Å². The predicted octanol–water partition coefficient (Wildman–Crippen LogP) is 3.33. The van der Waals surface area contributed by atoms with Gasteiger partial charge in [-0.2, -0.15) is 0 Å². The lowest BCUT2D eigenvalue weighted by molar-refractivity contribution is 0.607. The van der Waals surface area contributed by atoms with Gasteiger partial charge in [-0.15, -0.1) is 0 Å². The molecule has 11 heavy (non-hydrogen) atoms. The number of halogens is 2. The van der Waals surface area contributed by atoms with E-state index in [1.807, 2.05) is 0 Å². The van der Waals surface area contributed by atoms with Crippen LogP contribution in [0.25, 0.3) is 11.0 Å². The molecule has 0 aliphatic rings. The van der Waals surface area contributed by atoms with E-state index in [-0.39, 0.29) is 5.82 Å². The predicted molar refractivity (Wildman–Crippen MR) is 43.9 cm³/mol. The molecule has 2 aromatic rings. The molecule has 56 valence electrons. The fourth-order valence-corrected chi connectivity index (χ4v) is 1.44. The van der Waals surface area contributed by atoms with Gasteiger partial charge in [0, 0.05) is 5.39 Å². The van der Waals surface area contributed by atoms with Crippen LogP contribution in [-0.4, -0.2) is 0 Å². The Balaban J connectivity index is 2.93. The molecule has 0 saturated heterocycles. The largest absolute Gasteiger partial charge is 0.464 e. The molecule has 0 aliphatic carbocycles. The fraction of sp³-hybridized carbons (Fsp3) is 0. The van der Waals surface area contributed by atoms with Gasteiger partial charge in [0.25, 0.3) is 0 Å². The summed E-state index contributed by atoms with van der Waals surface area (Å²) in [4.78, 5) is 0. The molecular formula is C8H4BrFO. The van der Waals surface area contributed by atoms with Crippen molar-refractivity contribution in [2.24, 2.45) is 0 Å². The van der Waals surface area contributed by atoms with Gasteiger partial charge in [0.15, 0.2) is 0 Å². The molecule has 0 radical (unpaired) electrons. The summed E-state index contributed by atoms with van der Waals surface area (Å²) in [6, 6.07) is 4.70. The Hall–Kier alpha value is -0.830. The van der Waals surface area contributed by atoms with Crippen molar-refractivity contribution in [3.63, 3.8) is 0 Å². The number of rotatable bonds is 0. The van der Waals surface area contributed by atoms with Crippen molar-refractivity contribution in [3.8, 4) is 0 Å². The van der Waals surface area contributed by atoms with Crippen LogP contribution in [0.15, 0.2) is 33.4 Å². The molecular weight excluding hydrogens is 211 g/mol. The van der Waals surface area contributed by atoms with Crippen molar-refractivity contribution in [1.82, 2.24) is 0 Å². The number of hydrogen-bond donors (Lipinski definition) is 0. The fourth-order valence-electron chi connectivity index (χ4n) is 0.982. The highest BCUT2D eigenvalue weighted by molar-refractivity contribution is 9.10. The minimum Gasteiger partial charge on any atom is -0.464 e. The van der Waals surface area contributed by atoms with Gasteiger partial charge in [-0.05, 0) is 34.1 Å². The third kappa shape index (κ3) is 0.959. The Morgan fingerprint density at radius 3 is 2.91 bits per heavy atom. The standard InChI is InChI=1S/C8H4BrFO/c9-8-5-3-4-11-7(5)2-1-6(8)10/h1-4H. The smallest absolute Gasteiger partial charge is 0.138 e. The second kappa shape index (κ2) is 2.34. The van der Waals surface area contributed by atoms with Gasteiger partial charge in [0.05, 0.1) is 10.7 Å². The third-order valence-electron chi connectivity index (χ3n) is 1.52. The summed E-state index contributed by atoms with van der Waals surface area (Å²) < 4.78 is 18.4. The Morgan fingerprint density at radius 1 is 1.27 bits per heavy atom. The molecule has 0 unspecified atom stereocenters. The van der Waals surface area contributed by atoms with Crippen LogP contribution >= 0.6 is 15.9 Å². The maximum atomic E-state index is 12.8. The number of fused-ring (bicyclic) bond motifs is 1. The monoisotopic (exact) mass is 214 g/mol. The van der Waals surface area contributed by atoms with E-state index in [0.717, 1.165) is 5.39 Å². The summed E-state index contributed by atoms with van der Waals surface area (Å²) in [5.41, 5.74) is 0.693. The zero-order valence-corrected chi connectivity index (χ0v) is 7.06. The highest BCUT2D eigenvalue weighted by atomic mass is 79.9. The lowest BCUT2D eigenvalue weighted by Gasteiger charge is -1.93. The second-order valence-electron chi connectivity index (χ2n) is 2.19. The normalized spacial score (nSPS) is 10.7. The van der Waals surface area contributed by atoms with E-state index in [4.69, 9.17) is 4.42 Å². The van der Waals surface area contributed by atoms with Crippen molar-refractivity contribution in [3.05, 3.63) is 34.8 Å². The van der Waals surface area contributed by atoms with Gasteiger partial charge in [-0.3, -0.25) is 0 Å². The average molecular weight is 215 g/mol. The molecule has 0 bridgehead atoms. The van der Waals surface area contributed by atoms with Gasteiger partial charge < -0.3 is 4.42 Å². The van der Waals surface area contributed by atoms with Gasteiger partial charge in [0.1, 0.15) is 11.4 Å². The number of furan rings is 1. The average Bonchev–Trinajstić information content (AvgIpc) is 2.45. The van der Waals surface area contributed by atoms with Crippen molar-refractivity contribution in [2.45, 2.75) is 0 Å². The molecule has 1 heterocycles. The summed E-state index contributed by atoms with van der Waals surface area (Å²) in [5.74, 6) is -0.265. The molecule has 0 aliphatic heterocycles. The maximum Gasteiger partial charge on any atom is 0.138 e. The summed E-state index contributed by atoms with van der Waals surface area (Å²) >= 11 is 3.12. The first kappa shape index (κ1) is 6.85. The van der Waals surface area contributed by atoms with Crippen LogP contribution in [0.1, 0.15) is 0 Å². The molecule has 0 saturated carbocycles. The quantitative estimate of drug-likeness (QED) is 0.656. The van der Waals surface area contributed by atoms with E-state index in [1.54, 1.807) is 12.1 Å². The molecule has 3 heteroatoms. The zero-order chi connectivity index (χ0) is 7.84. The van der Waals surface area contributed by atoms with Crippen LogP contribution in [0.3, 0.4) is 0 Å². The minimum atomic E-state index is -0.265. The Bertz CT molecular complexity index is 394. The van der Waals surface area contributed by atoms with E-state index < -0.39 is 0 Å². The van der Waals surface area contributed by atoms with Crippen LogP contribution in [-0.2, 0) is 0 Å². The SMILES string of the molecule is Fc1ccc2occc2c1Br. The molecule has 1 aromatic carbocycles. The van der Waals surface area contributed by atoms with Crippen molar-refractivity contribution in [1.29, 1.82) is 0 Å². The van der Waals surface area contributed by atoms with Gasteiger partial charge in [-0.25, -0.2) is 4.39 Å². The zero-order valence-electron chi connectivity index (χ0n) is 5.47. The Labute approximate surface area is 70.9 Å². The third-order valence-corrected chi connectivity index (χ3v) is 2.33. The molecule has 0 N–H and O–H groups in total. The minimum absolute atomic E-state index is 0.265. The lowest BCUT2D eigenvalue weighted by Crippen LogP contribution is -1.75. The molecule has 0 amide bonds.